The highest BCUT2D eigenvalue weighted by Crippen LogP contribution is 2.30. The van der Waals surface area contributed by atoms with Gasteiger partial charge in [-0.05, 0) is 44.1 Å². The number of benzene rings is 1. The molecule has 4 heteroatoms. The number of amides is 2. The third kappa shape index (κ3) is 4.59. The van der Waals surface area contributed by atoms with Gasteiger partial charge in [0.25, 0.3) is 0 Å². The Morgan fingerprint density at radius 2 is 2.00 bits per heavy atom. The lowest BCUT2D eigenvalue weighted by molar-refractivity contribution is -0.140. The largest absolute Gasteiger partial charge is 0.354 e. The van der Waals surface area contributed by atoms with Crippen molar-refractivity contribution in [3.05, 3.63) is 35.9 Å². The fraction of sp³-hybridized carbons (Fsp3) is 0.600. The lowest BCUT2D eigenvalue weighted by Crippen LogP contribution is -2.55. The van der Waals surface area contributed by atoms with Gasteiger partial charge < -0.3 is 10.2 Å². The van der Waals surface area contributed by atoms with Crippen molar-refractivity contribution >= 4 is 11.8 Å². The number of rotatable bonds is 8. The van der Waals surface area contributed by atoms with Crippen molar-refractivity contribution in [1.29, 1.82) is 0 Å². The smallest absolute Gasteiger partial charge is 0.245 e. The summed E-state index contributed by atoms with van der Waals surface area (Å²) in [6, 6.07) is 10.3. The minimum atomic E-state index is -0.690. The zero-order chi connectivity index (χ0) is 17.6. The molecule has 1 N–H and O–H groups in total. The number of nitrogens with one attached hydrogen (secondary N) is 1. The predicted octanol–water partition coefficient (Wildman–Crippen LogP) is 3.16. The van der Waals surface area contributed by atoms with Crippen LogP contribution in [0.4, 0.5) is 0 Å². The van der Waals surface area contributed by atoms with E-state index in [1.165, 1.54) is 5.56 Å². The van der Waals surface area contributed by atoms with Crippen LogP contribution in [-0.2, 0) is 16.0 Å². The standard InChI is InChI=1S/C20H30N2O2/c1-16(2)12-14-21-19(24)20(3)13-11-18(23)22(20)15-7-10-17-8-5-4-6-9-17/h4-6,8-9,16H,7,10-15H2,1-3H3,(H,21,24)/t20-/m0/s1. The number of carbonyl (C=O) groups is 2. The van der Waals surface area contributed by atoms with E-state index in [4.69, 9.17) is 0 Å². The van der Waals surface area contributed by atoms with E-state index in [-0.39, 0.29) is 11.8 Å². The number of carbonyl (C=O) groups excluding carboxylic acids is 2. The Hall–Kier alpha value is -1.84. The normalized spacial score (nSPS) is 20.7. The number of hydrogen-bond donors (Lipinski definition) is 1. The molecule has 24 heavy (non-hydrogen) atoms. The molecule has 0 aromatic heterocycles. The number of hydrogen-bond acceptors (Lipinski definition) is 2. The van der Waals surface area contributed by atoms with Gasteiger partial charge in [-0.2, -0.15) is 0 Å². The Bertz CT molecular complexity index is 556. The molecule has 1 aromatic carbocycles. The summed E-state index contributed by atoms with van der Waals surface area (Å²) in [7, 11) is 0. The second-order valence-corrected chi connectivity index (χ2v) is 7.35. The zero-order valence-electron chi connectivity index (χ0n) is 15.2. The Kier molecular flexibility index (Phi) is 6.41. The molecule has 0 saturated carbocycles. The third-order valence-electron chi connectivity index (χ3n) is 4.91. The van der Waals surface area contributed by atoms with E-state index in [1.54, 1.807) is 4.90 Å². The van der Waals surface area contributed by atoms with Crippen LogP contribution in [-0.4, -0.2) is 35.3 Å². The van der Waals surface area contributed by atoms with E-state index in [0.717, 1.165) is 19.3 Å². The maximum Gasteiger partial charge on any atom is 0.245 e. The van der Waals surface area contributed by atoms with Crippen LogP contribution in [0.5, 0.6) is 0 Å². The van der Waals surface area contributed by atoms with Crippen molar-refractivity contribution in [2.24, 2.45) is 5.92 Å². The molecule has 2 amide bonds. The highest BCUT2D eigenvalue weighted by atomic mass is 16.2. The van der Waals surface area contributed by atoms with Crippen LogP contribution in [0.25, 0.3) is 0 Å². The zero-order valence-corrected chi connectivity index (χ0v) is 15.2. The summed E-state index contributed by atoms with van der Waals surface area (Å²) in [5, 5.41) is 3.02. The van der Waals surface area contributed by atoms with E-state index < -0.39 is 5.54 Å². The summed E-state index contributed by atoms with van der Waals surface area (Å²) in [6.07, 6.45) is 3.86. The summed E-state index contributed by atoms with van der Waals surface area (Å²) in [4.78, 5) is 26.7. The summed E-state index contributed by atoms with van der Waals surface area (Å²) >= 11 is 0. The number of likely N-dealkylation sites (tertiary alicyclic amines) is 1. The first kappa shape index (κ1) is 18.5. The Morgan fingerprint density at radius 3 is 2.67 bits per heavy atom. The molecule has 1 atom stereocenters. The molecule has 1 aliphatic heterocycles. The predicted molar refractivity (Wildman–Crippen MR) is 96.6 cm³/mol. The molecule has 0 unspecified atom stereocenters. The SMILES string of the molecule is CC(C)CCNC(=O)[C@]1(C)CCC(=O)N1CCCc1ccccc1. The number of aryl methyl sites for hydroxylation is 1. The molecule has 1 aliphatic rings. The van der Waals surface area contributed by atoms with Gasteiger partial charge in [-0.25, -0.2) is 0 Å². The quantitative estimate of drug-likeness (QED) is 0.796. The van der Waals surface area contributed by atoms with E-state index in [9.17, 15) is 9.59 Å². The lowest BCUT2D eigenvalue weighted by atomic mass is 9.97. The topological polar surface area (TPSA) is 49.4 Å². The Balaban J connectivity index is 1.90. The van der Waals surface area contributed by atoms with Crippen molar-refractivity contribution in [2.75, 3.05) is 13.1 Å². The average molecular weight is 330 g/mol. The average Bonchev–Trinajstić information content (AvgIpc) is 2.85. The third-order valence-corrected chi connectivity index (χ3v) is 4.91. The van der Waals surface area contributed by atoms with Crippen LogP contribution in [0.3, 0.4) is 0 Å². The molecule has 1 fully saturated rings. The summed E-state index contributed by atoms with van der Waals surface area (Å²) in [6.45, 7) is 7.51. The highest BCUT2D eigenvalue weighted by molar-refractivity contribution is 5.94. The minimum absolute atomic E-state index is 0.00582. The van der Waals surface area contributed by atoms with Crippen LogP contribution in [0.2, 0.25) is 0 Å². The second kappa shape index (κ2) is 8.32. The first-order chi connectivity index (χ1) is 11.4. The van der Waals surface area contributed by atoms with Crippen LogP contribution in [0.1, 0.15) is 52.0 Å². The molecule has 2 rings (SSSR count). The van der Waals surface area contributed by atoms with E-state index in [0.29, 0.717) is 31.8 Å². The molecule has 0 bridgehead atoms. The number of nitrogens with zero attached hydrogens (tertiary/aromatic N) is 1. The van der Waals surface area contributed by atoms with Crippen molar-refractivity contribution < 1.29 is 9.59 Å². The van der Waals surface area contributed by atoms with Crippen molar-refractivity contribution in [3.8, 4) is 0 Å². The van der Waals surface area contributed by atoms with Gasteiger partial charge in [0.1, 0.15) is 5.54 Å². The maximum atomic E-state index is 12.6. The van der Waals surface area contributed by atoms with Crippen LogP contribution >= 0.6 is 0 Å². The van der Waals surface area contributed by atoms with Crippen molar-refractivity contribution in [2.45, 2.75) is 58.4 Å². The Labute approximate surface area is 145 Å². The van der Waals surface area contributed by atoms with Crippen LogP contribution in [0, 0.1) is 5.92 Å². The van der Waals surface area contributed by atoms with Crippen LogP contribution in [0.15, 0.2) is 30.3 Å². The van der Waals surface area contributed by atoms with Crippen LogP contribution < -0.4 is 5.32 Å². The molecule has 1 aromatic rings. The second-order valence-electron chi connectivity index (χ2n) is 7.35. The van der Waals surface area contributed by atoms with Gasteiger partial charge >= 0.3 is 0 Å². The molecular formula is C20H30N2O2. The first-order valence-electron chi connectivity index (χ1n) is 9.06. The van der Waals surface area contributed by atoms with E-state index in [1.807, 2.05) is 25.1 Å². The molecule has 4 nitrogen and oxygen atoms in total. The molecular weight excluding hydrogens is 300 g/mol. The van der Waals surface area contributed by atoms with Gasteiger partial charge in [-0.1, -0.05) is 44.2 Å². The molecule has 132 valence electrons. The van der Waals surface area contributed by atoms with E-state index in [2.05, 4.69) is 31.3 Å². The highest BCUT2D eigenvalue weighted by Gasteiger charge is 2.46. The maximum absolute atomic E-state index is 12.6. The van der Waals surface area contributed by atoms with Gasteiger partial charge in [0.2, 0.25) is 11.8 Å². The van der Waals surface area contributed by atoms with Gasteiger partial charge in [-0.15, -0.1) is 0 Å². The first-order valence-corrected chi connectivity index (χ1v) is 9.06. The fourth-order valence-electron chi connectivity index (χ4n) is 3.25. The van der Waals surface area contributed by atoms with Gasteiger partial charge in [0, 0.05) is 19.5 Å². The van der Waals surface area contributed by atoms with Gasteiger partial charge in [0.15, 0.2) is 0 Å². The van der Waals surface area contributed by atoms with Crippen molar-refractivity contribution in [1.82, 2.24) is 10.2 Å². The summed E-state index contributed by atoms with van der Waals surface area (Å²) < 4.78 is 0. The summed E-state index contributed by atoms with van der Waals surface area (Å²) in [5.74, 6) is 0.656. The monoisotopic (exact) mass is 330 g/mol. The minimum Gasteiger partial charge on any atom is -0.354 e. The molecule has 0 aliphatic carbocycles. The summed E-state index contributed by atoms with van der Waals surface area (Å²) in [5.41, 5.74) is 0.581. The van der Waals surface area contributed by atoms with E-state index >= 15 is 0 Å². The van der Waals surface area contributed by atoms with Crippen molar-refractivity contribution in [3.63, 3.8) is 0 Å². The fourth-order valence-corrected chi connectivity index (χ4v) is 3.25. The molecule has 0 radical (unpaired) electrons. The lowest BCUT2D eigenvalue weighted by Gasteiger charge is -2.34. The Morgan fingerprint density at radius 1 is 1.29 bits per heavy atom. The molecule has 1 heterocycles. The van der Waals surface area contributed by atoms with Gasteiger partial charge in [0.05, 0.1) is 0 Å². The molecule has 1 saturated heterocycles. The van der Waals surface area contributed by atoms with Gasteiger partial charge in [-0.3, -0.25) is 9.59 Å². The molecule has 0 spiro atoms.